The van der Waals surface area contributed by atoms with Crippen LogP contribution in [0.5, 0.6) is 5.75 Å². The molecule has 272 valence electrons. The van der Waals surface area contributed by atoms with Crippen LogP contribution in [0.3, 0.4) is 0 Å². The van der Waals surface area contributed by atoms with Crippen LogP contribution in [-0.4, -0.2) is 56.9 Å². The van der Waals surface area contributed by atoms with E-state index in [4.69, 9.17) is 14.6 Å². The molecule has 3 amide bonds. The smallest absolute Gasteiger partial charge is 0.324 e. The first kappa shape index (κ1) is 36.5. The number of ether oxygens (including phenoxy) is 2. The minimum Gasteiger partial charge on any atom is -0.488 e. The van der Waals surface area contributed by atoms with Crippen LogP contribution in [0.1, 0.15) is 54.5 Å². The minimum absolute atomic E-state index is 0.213. The number of carbonyl (C=O) groups is 2. The van der Waals surface area contributed by atoms with Gasteiger partial charge in [0.05, 0.1) is 29.5 Å². The van der Waals surface area contributed by atoms with E-state index in [0.717, 1.165) is 33.3 Å². The lowest BCUT2D eigenvalue weighted by molar-refractivity contribution is 0.0943. The molecule has 0 unspecified atom stereocenters. The van der Waals surface area contributed by atoms with E-state index in [-0.39, 0.29) is 23.6 Å². The number of fused-ring (bicyclic) bond motifs is 1. The Morgan fingerprint density at radius 2 is 1.64 bits per heavy atom. The van der Waals surface area contributed by atoms with Crippen molar-refractivity contribution < 1.29 is 19.1 Å². The van der Waals surface area contributed by atoms with Gasteiger partial charge in [-0.05, 0) is 55.3 Å². The number of anilines is 4. The Bertz CT molecular complexity index is 2190. The molecule has 3 aromatic heterocycles. The third kappa shape index (κ3) is 9.32. The summed E-state index contributed by atoms with van der Waals surface area (Å²) in [6.07, 6.45) is 5.28. The zero-order valence-corrected chi connectivity index (χ0v) is 30.4. The monoisotopic (exact) mass is 713 g/mol. The maximum Gasteiger partial charge on any atom is 0.324 e. The van der Waals surface area contributed by atoms with Gasteiger partial charge in [0.15, 0.2) is 0 Å². The maximum atomic E-state index is 13.4. The number of carbonyl (C=O) groups excluding carboxylic acids is 2. The molecule has 3 aromatic carbocycles. The number of urea groups is 1. The zero-order chi connectivity index (χ0) is 37.4. The van der Waals surface area contributed by atoms with Crippen molar-refractivity contribution in [2.45, 2.75) is 46.1 Å². The third-order valence-corrected chi connectivity index (χ3v) is 8.30. The predicted molar refractivity (Wildman–Crippen MR) is 206 cm³/mol. The number of aromatic nitrogens is 5. The van der Waals surface area contributed by atoms with Crippen molar-refractivity contribution in [3.8, 4) is 11.4 Å². The second-order valence-electron chi connectivity index (χ2n) is 13.5. The second kappa shape index (κ2) is 16.3. The van der Waals surface area contributed by atoms with Gasteiger partial charge in [0, 0.05) is 48.7 Å². The average molecular weight is 714 g/mol. The summed E-state index contributed by atoms with van der Waals surface area (Å²) in [4.78, 5) is 38.7. The highest BCUT2D eigenvalue weighted by molar-refractivity contribution is 6.07. The molecule has 0 spiro atoms. The molecule has 3 heterocycles. The van der Waals surface area contributed by atoms with Crippen LogP contribution in [0.15, 0.2) is 97.5 Å². The average Bonchev–Trinajstić information content (AvgIpc) is 3.58. The number of nitrogens with one attached hydrogen (secondary N) is 4. The number of hydrogen-bond donors (Lipinski definition) is 4. The third-order valence-electron chi connectivity index (χ3n) is 8.30. The highest BCUT2D eigenvalue weighted by atomic mass is 16.5. The lowest BCUT2D eigenvalue weighted by Gasteiger charge is -2.15. The molecule has 4 N–H and O–H groups in total. The fraction of sp³-hybridized carbons (Fsp3) is 0.250. The molecular formula is C40H43N9O4. The molecule has 0 aliphatic rings. The number of hydrogen-bond acceptors (Lipinski definition) is 9. The van der Waals surface area contributed by atoms with Gasteiger partial charge in [-0.1, -0.05) is 62.7 Å². The van der Waals surface area contributed by atoms with Crippen LogP contribution in [0.2, 0.25) is 0 Å². The van der Waals surface area contributed by atoms with Crippen molar-refractivity contribution in [3.05, 3.63) is 120 Å². The summed E-state index contributed by atoms with van der Waals surface area (Å²) < 4.78 is 13.0. The quantitative estimate of drug-likeness (QED) is 0.0888. The highest BCUT2D eigenvalue weighted by Gasteiger charge is 2.22. The van der Waals surface area contributed by atoms with E-state index in [1.165, 1.54) is 12.4 Å². The van der Waals surface area contributed by atoms with Crippen molar-refractivity contribution in [1.82, 2.24) is 30.0 Å². The normalized spacial score (nSPS) is 11.3. The number of methoxy groups -OCH3 is 1. The summed E-state index contributed by atoms with van der Waals surface area (Å²) in [5, 5.41) is 18.4. The molecule has 0 atom stereocenters. The Hall–Kier alpha value is -6.34. The molecular weight excluding hydrogens is 670 g/mol. The number of aryl methyl sites for hydroxylation is 1. The fourth-order valence-electron chi connectivity index (χ4n) is 5.44. The summed E-state index contributed by atoms with van der Waals surface area (Å²) in [7, 11) is 1.62. The Morgan fingerprint density at radius 3 is 2.38 bits per heavy atom. The number of nitrogens with zero attached hydrogens (tertiary/aromatic N) is 5. The summed E-state index contributed by atoms with van der Waals surface area (Å²) in [6.45, 7) is 9.62. The van der Waals surface area contributed by atoms with E-state index >= 15 is 0 Å². The molecule has 0 bridgehead atoms. The molecule has 53 heavy (non-hydrogen) atoms. The lowest BCUT2D eigenvalue weighted by atomic mass is 9.92. The molecule has 6 rings (SSSR count). The summed E-state index contributed by atoms with van der Waals surface area (Å²) >= 11 is 0. The Morgan fingerprint density at radius 1 is 0.849 bits per heavy atom. The summed E-state index contributed by atoms with van der Waals surface area (Å²) in [6, 6.07) is 24.7. The van der Waals surface area contributed by atoms with Crippen LogP contribution in [-0.2, 0) is 16.8 Å². The molecule has 0 saturated carbocycles. The Kier molecular flexibility index (Phi) is 11.2. The van der Waals surface area contributed by atoms with Gasteiger partial charge in [-0.15, -0.1) is 0 Å². The van der Waals surface area contributed by atoms with E-state index in [9.17, 15) is 9.59 Å². The first-order valence-electron chi connectivity index (χ1n) is 17.3. The van der Waals surface area contributed by atoms with Crippen molar-refractivity contribution in [3.63, 3.8) is 0 Å². The van der Waals surface area contributed by atoms with Crippen molar-refractivity contribution in [2.75, 3.05) is 36.2 Å². The number of benzene rings is 3. The number of pyridine rings is 1. The molecule has 0 aliphatic heterocycles. The first-order valence-corrected chi connectivity index (χ1v) is 17.3. The fourth-order valence-corrected chi connectivity index (χ4v) is 5.44. The number of rotatable bonds is 13. The second-order valence-corrected chi connectivity index (χ2v) is 13.5. The van der Waals surface area contributed by atoms with Crippen molar-refractivity contribution in [2.24, 2.45) is 0 Å². The molecule has 13 nitrogen and oxygen atoms in total. The van der Waals surface area contributed by atoms with Gasteiger partial charge in [0.2, 0.25) is 0 Å². The van der Waals surface area contributed by atoms with E-state index in [1.54, 1.807) is 18.0 Å². The molecule has 0 fully saturated rings. The van der Waals surface area contributed by atoms with Gasteiger partial charge in [0.1, 0.15) is 35.5 Å². The zero-order valence-electron chi connectivity index (χ0n) is 30.4. The van der Waals surface area contributed by atoms with Gasteiger partial charge < -0.3 is 25.4 Å². The number of amides is 3. The van der Waals surface area contributed by atoms with Crippen LogP contribution in [0.25, 0.3) is 16.5 Å². The topological polar surface area (TPSA) is 157 Å². The highest BCUT2D eigenvalue weighted by Crippen LogP contribution is 2.33. The molecule has 0 aliphatic carbocycles. The lowest BCUT2D eigenvalue weighted by Crippen LogP contribution is -2.26. The predicted octanol–water partition coefficient (Wildman–Crippen LogP) is 7.55. The minimum atomic E-state index is -0.394. The molecule has 0 saturated heterocycles. The Labute approximate surface area is 308 Å². The van der Waals surface area contributed by atoms with E-state index < -0.39 is 6.03 Å². The van der Waals surface area contributed by atoms with Crippen LogP contribution >= 0.6 is 0 Å². The SMILES string of the molecule is COCCCNC(=O)c1cnc(Nc2cc(COc3ccc(NC(=O)Nc4cc(C(C)(C)C)nn4-c4ccc(C)cc4)c4ccccc34)ccn2)cn1. The van der Waals surface area contributed by atoms with E-state index in [0.29, 0.717) is 48.5 Å². The van der Waals surface area contributed by atoms with Gasteiger partial charge >= 0.3 is 6.03 Å². The van der Waals surface area contributed by atoms with Gasteiger partial charge in [-0.2, -0.15) is 5.10 Å². The summed E-state index contributed by atoms with van der Waals surface area (Å²) in [5.41, 5.74) is 4.35. The van der Waals surface area contributed by atoms with Gasteiger partial charge in [-0.3, -0.25) is 10.1 Å². The van der Waals surface area contributed by atoms with Crippen molar-refractivity contribution in [1.29, 1.82) is 0 Å². The largest absolute Gasteiger partial charge is 0.488 e. The van der Waals surface area contributed by atoms with E-state index in [2.05, 4.69) is 57.0 Å². The molecule has 0 radical (unpaired) electrons. The first-order chi connectivity index (χ1) is 25.6. The molecule has 6 aromatic rings. The van der Waals surface area contributed by atoms with E-state index in [1.807, 2.05) is 85.8 Å². The molecule has 13 heteroatoms. The standard InChI is InChI=1S/C40H43N9O4/c1-26-11-13-28(14-12-26)49-37(22-34(48-49)40(2,3)4)47-39(51)45-31-15-16-33(30-10-7-6-9-29(30)31)53-25-27-17-19-41-35(21-27)46-36-24-43-32(23-44-36)38(50)42-18-8-20-52-5/h6-7,9-17,19,21-24H,8,18,20,25H2,1-5H3,(H,42,50)(H,41,44,46)(H2,45,47,51). The Balaban J connectivity index is 1.11. The van der Waals surface area contributed by atoms with Gasteiger partial charge in [0.25, 0.3) is 5.91 Å². The summed E-state index contributed by atoms with van der Waals surface area (Å²) in [5.74, 6) is 1.92. The van der Waals surface area contributed by atoms with Crippen LogP contribution < -0.4 is 26.0 Å². The van der Waals surface area contributed by atoms with Crippen LogP contribution in [0, 0.1) is 6.92 Å². The van der Waals surface area contributed by atoms with Crippen LogP contribution in [0.4, 0.5) is 27.9 Å². The maximum absolute atomic E-state index is 13.4. The van der Waals surface area contributed by atoms with Gasteiger partial charge in [-0.25, -0.2) is 24.4 Å². The van der Waals surface area contributed by atoms with Crippen molar-refractivity contribution >= 4 is 45.9 Å².